The summed E-state index contributed by atoms with van der Waals surface area (Å²) < 4.78 is 7.57. The number of aliphatic hydroxyl groups excluding tert-OH is 2. The number of aromatic nitrogens is 3. The van der Waals surface area contributed by atoms with E-state index in [-0.39, 0.29) is 12.6 Å². The maximum atomic E-state index is 10.2. The Bertz CT molecular complexity index is 794. The molecular formula is C16H21N5O3. The normalized spacial score (nSPS) is 26.5. The Morgan fingerprint density at radius 3 is 2.71 bits per heavy atom. The fraction of sp³-hybridized carbons (Fsp3) is 0.500. The van der Waals surface area contributed by atoms with Gasteiger partial charge in [0.25, 0.3) is 0 Å². The average molecular weight is 331 g/mol. The number of nitrogens with two attached hydrogens (primary N) is 2. The fourth-order valence-corrected chi connectivity index (χ4v) is 3.04. The highest BCUT2D eigenvalue weighted by atomic mass is 16.5. The molecule has 0 spiro atoms. The Morgan fingerprint density at radius 2 is 2.04 bits per heavy atom. The number of ether oxygens (including phenoxy) is 1. The molecule has 4 atom stereocenters. The number of nitrogen functional groups attached to an aromatic ring is 1. The summed E-state index contributed by atoms with van der Waals surface area (Å²) in [6, 6.07) is 0. The summed E-state index contributed by atoms with van der Waals surface area (Å²) in [7, 11) is 0. The van der Waals surface area contributed by atoms with Gasteiger partial charge in [-0.15, -0.1) is 0 Å². The average Bonchev–Trinajstić information content (AvgIpc) is 3.06. The van der Waals surface area contributed by atoms with Gasteiger partial charge in [0, 0.05) is 6.20 Å². The fourth-order valence-electron chi connectivity index (χ4n) is 3.04. The number of rotatable bonds is 3. The van der Waals surface area contributed by atoms with Gasteiger partial charge in [-0.05, 0) is 6.42 Å². The van der Waals surface area contributed by atoms with Crippen LogP contribution in [0, 0.1) is 11.8 Å². The van der Waals surface area contributed by atoms with Gasteiger partial charge in [0.05, 0.1) is 30.1 Å². The van der Waals surface area contributed by atoms with Gasteiger partial charge in [0.1, 0.15) is 36.1 Å². The molecule has 0 amide bonds. The molecule has 1 unspecified atom stereocenters. The van der Waals surface area contributed by atoms with E-state index in [9.17, 15) is 10.2 Å². The molecule has 0 aliphatic carbocycles. The van der Waals surface area contributed by atoms with Crippen molar-refractivity contribution in [2.75, 3.05) is 12.3 Å². The van der Waals surface area contributed by atoms with Gasteiger partial charge in [-0.25, -0.2) is 9.97 Å². The molecule has 0 saturated carbocycles. The van der Waals surface area contributed by atoms with Crippen molar-refractivity contribution in [1.29, 1.82) is 0 Å². The Morgan fingerprint density at radius 1 is 1.29 bits per heavy atom. The van der Waals surface area contributed by atoms with Gasteiger partial charge >= 0.3 is 0 Å². The third-order valence-electron chi connectivity index (χ3n) is 4.25. The smallest absolute Gasteiger partial charge is 0.146 e. The van der Waals surface area contributed by atoms with E-state index in [2.05, 4.69) is 21.8 Å². The minimum absolute atomic E-state index is 0.231. The van der Waals surface area contributed by atoms with Crippen LogP contribution in [0.3, 0.4) is 0 Å². The third-order valence-corrected chi connectivity index (χ3v) is 4.25. The molecular weight excluding hydrogens is 310 g/mol. The van der Waals surface area contributed by atoms with E-state index < -0.39 is 18.3 Å². The van der Waals surface area contributed by atoms with Crippen LogP contribution >= 0.6 is 0 Å². The zero-order valence-electron chi connectivity index (χ0n) is 13.4. The molecule has 1 aliphatic rings. The summed E-state index contributed by atoms with van der Waals surface area (Å²) in [5.41, 5.74) is 12.7. The molecule has 0 radical (unpaired) electrons. The van der Waals surface area contributed by atoms with Crippen molar-refractivity contribution in [3.8, 4) is 11.8 Å². The first-order chi connectivity index (χ1) is 11.6. The number of anilines is 1. The number of aliphatic hydroxyl groups is 2. The van der Waals surface area contributed by atoms with E-state index >= 15 is 0 Å². The van der Waals surface area contributed by atoms with Crippen molar-refractivity contribution < 1.29 is 14.9 Å². The van der Waals surface area contributed by atoms with Crippen LogP contribution in [-0.4, -0.2) is 55.7 Å². The highest BCUT2D eigenvalue weighted by Crippen LogP contribution is 2.28. The number of hydrogen-bond donors (Lipinski definition) is 4. The molecule has 3 rings (SSSR count). The first kappa shape index (κ1) is 16.7. The highest BCUT2D eigenvalue weighted by Gasteiger charge is 2.41. The molecule has 3 heterocycles. The van der Waals surface area contributed by atoms with Gasteiger partial charge in [-0.2, -0.15) is 0 Å². The maximum absolute atomic E-state index is 10.2. The molecule has 0 aromatic carbocycles. The van der Waals surface area contributed by atoms with Crippen molar-refractivity contribution in [3.05, 3.63) is 18.1 Å². The summed E-state index contributed by atoms with van der Waals surface area (Å²) in [6.45, 7) is 2.46. The molecule has 2 aromatic rings. The van der Waals surface area contributed by atoms with E-state index in [1.165, 1.54) is 6.33 Å². The second-order valence-electron chi connectivity index (χ2n) is 5.76. The minimum atomic E-state index is -0.954. The first-order valence-electron chi connectivity index (χ1n) is 7.86. The molecule has 0 bridgehead atoms. The van der Waals surface area contributed by atoms with Crippen LogP contribution in [0.25, 0.3) is 11.0 Å². The Kier molecular flexibility index (Phi) is 4.69. The SMILES string of the molecule is CC[C@H]1O[C@@H](Cn2cc(C#CCN)c3c(N)ncnc32)[C@@H](O)C1O. The Balaban J connectivity index is 1.97. The van der Waals surface area contributed by atoms with E-state index in [0.29, 0.717) is 35.4 Å². The summed E-state index contributed by atoms with van der Waals surface area (Å²) >= 11 is 0. The Hall–Kier alpha value is -2.18. The van der Waals surface area contributed by atoms with Crippen LogP contribution in [0.5, 0.6) is 0 Å². The molecule has 8 heteroatoms. The Labute approximate surface area is 139 Å². The van der Waals surface area contributed by atoms with Gasteiger partial charge in [-0.3, -0.25) is 0 Å². The number of nitrogens with zero attached hydrogens (tertiary/aromatic N) is 3. The van der Waals surface area contributed by atoms with Gasteiger partial charge in [0.15, 0.2) is 0 Å². The summed E-state index contributed by atoms with van der Waals surface area (Å²) in [6.07, 6.45) is 1.05. The molecule has 2 aromatic heterocycles. The van der Waals surface area contributed by atoms with E-state index in [0.717, 1.165) is 0 Å². The molecule has 1 saturated heterocycles. The number of fused-ring (bicyclic) bond motifs is 1. The molecule has 1 aliphatic heterocycles. The maximum Gasteiger partial charge on any atom is 0.146 e. The minimum Gasteiger partial charge on any atom is -0.388 e. The van der Waals surface area contributed by atoms with Crippen molar-refractivity contribution in [1.82, 2.24) is 14.5 Å². The van der Waals surface area contributed by atoms with Crippen LogP contribution in [0.15, 0.2) is 12.5 Å². The summed E-state index contributed by atoms with van der Waals surface area (Å²) in [5, 5.41) is 20.9. The lowest BCUT2D eigenvalue weighted by atomic mass is 10.1. The van der Waals surface area contributed by atoms with Crippen LogP contribution in [0.1, 0.15) is 18.9 Å². The van der Waals surface area contributed by atoms with E-state index in [1.54, 1.807) is 6.20 Å². The van der Waals surface area contributed by atoms with Gasteiger partial charge in [0.2, 0.25) is 0 Å². The second kappa shape index (κ2) is 6.75. The van der Waals surface area contributed by atoms with Crippen LogP contribution in [0.2, 0.25) is 0 Å². The van der Waals surface area contributed by atoms with Crippen LogP contribution < -0.4 is 11.5 Å². The van der Waals surface area contributed by atoms with Crippen molar-refractivity contribution in [3.63, 3.8) is 0 Å². The number of hydrogen-bond acceptors (Lipinski definition) is 7. The van der Waals surface area contributed by atoms with Crippen LogP contribution in [-0.2, 0) is 11.3 Å². The lowest BCUT2D eigenvalue weighted by molar-refractivity contribution is -0.00114. The highest BCUT2D eigenvalue weighted by molar-refractivity contribution is 5.92. The molecule has 24 heavy (non-hydrogen) atoms. The summed E-state index contributed by atoms with van der Waals surface area (Å²) in [5.74, 6) is 6.09. The topological polar surface area (TPSA) is 132 Å². The first-order valence-corrected chi connectivity index (χ1v) is 7.86. The largest absolute Gasteiger partial charge is 0.388 e. The van der Waals surface area contributed by atoms with Crippen molar-refractivity contribution >= 4 is 16.9 Å². The third kappa shape index (κ3) is 2.83. The zero-order valence-corrected chi connectivity index (χ0v) is 13.4. The van der Waals surface area contributed by atoms with Crippen molar-refractivity contribution in [2.45, 2.75) is 44.3 Å². The van der Waals surface area contributed by atoms with Crippen molar-refractivity contribution in [2.24, 2.45) is 5.73 Å². The van der Waals surface area contributed by atoms with Gasteiger partial charge < -0.3 is 31.0 Å². The predicted molar refractivity (Wildman–Crippen MR) is 88.8 cm³/mol. The lowest BCUT2D eigenvalue weighted by Gasteiger charge is -2.15. The molecule has 6 N–H and O–H groups in total. The molecule has 8 nitrogen and oxygen atoms in total. The quantitative estimate of drug-likeness (QED) is 0.542. The summed E-state index contributed by atoms with van der Waals surface area (Å²) in [4.78, 5) is 8.28. The monoisotopic (exact) mass is 331 g/mol. The van der Waals surface area contributed by atoms with E-state index in [1.807, 2.05) is 11.5 Å². The second-order valence-corrected chi connectivity index (χ2v) is 5.76. The van der Waals surface area contributed by atoms with E-state index in [4.69, 9.17) is 16.2 Å². The standard InChI is InChI=1S/C16H21N5O3/c1-2-10-13(22)14(23)11(24-10)7-21-6-9(4-3-5-17)12-15(18)19-8-20-16(12)21/h6,8,10-11,13-14,22-23H,2,5,7,17H2,1H3,(H2,18,19,20)/t10-,11+,13?,14-/m1/s1. The van der Waals surface area contributed by atoms with Gasteiger partial charge in [-0.1, -0.05) is 18.8 Å². The van der Waals surface area contributed by atoms with Crippen LogP contribution in [0.4, 0.5) is 5.82 Å². The molecule has 1 fully saturated rings. The zero-order chi connectivity index (χ0) is 17.3. The molecule has 128 valence electrons. The predicted octanol–water partition coefficient (Wildman–Crippen LogP) is -0.777. The lowest BCUT2D eigenvalue weighted by Crippen LogP contribution is -2.34.